The Labute approximate surface area is 219 Å². The molecule has 9 heteroatoms. The molecule has 0 radical (unpaired) electrons. The van der Waals surface area contributed by atoms with Gasteiger partial charge in [-0.25, -0.2) is 0 Å². The summed E-state index contributed by atoms with van der Waals surface area (Å²) >= 11 is 0. The van der Waals surface area contributed by atoms with Crippen molar-refractivity contribution in [2.75, 3.05) is 13.2 Å². The second kappa shape index (κ2) is 10.5. The predicted molar refractivity (Wildman–Crippen MR) is 134 cm³/mol. The first-order valence-electron chi connectivity index (χ1n) is 13.7. The van der Waals surface area contributed by atoms with E-state index < -0.39 is 48.8 Å². The molecule has 0 aromatic rings. The fraction of sp³-hybridized carbons (Fsp3) is 0.893. The number of aliphatic hydroxyl groups excluding tert-OH is 5. The van der Waals surface area contributed by atoms with E-state index in [0.29, 0.717) is 11.8 Å². The van der Waals surface area contributed by atoms with Gasteiger partial charge in [0.1, 0.15) is 30.5 Å². The van der Waals surface area contributed by atoms with Crippen molar-refractivity contribution in [1.82, 2.24) is 0 Å². The molecule has 11 unspecified atom stereocenters. The number of esters is 1. The Morgan fingerprint density at radius 2 is 1.76 bits per heavy atom. The maximum absolute atomic E-state index is 11.6. The van der Waals surface area contributed by atoms with Gasteiger partial charge in [0.05, 0.1) is 19.3 Å². The second-order valence-electron chi connectivity index (χ2n) is 12.9. The van der Waals surface area contributed by atoms with E-state index in [1.807, 2.05) is 0 Å². The molecule has 0 amide bonds. The van der Waals surface area contributed by atoms with Crippen LogP contribution >= 0.6 is 0 Å². The molecule has 0 spiro atoms. The van der Waals surface area contributed by atoms with Gasteiger partial charge < -0.3 is 39.7 Å². The quantitative estimate of drug-likeness (QED) is 0.198. The minimum absolute atomic E-state index is 0.0420. The Kier molecular flexibility index (Phi) is 8.20. The minimum Gasteiger partial charge on any atom is -0.459 e. The van der Waals surface area contributed by atoms with Gasteiger partial charge in [-0.05, 0) is 61.2 Å². The van der Waals surface area contributed by atoms with Gasteiger partial charge in [0.25, 0.3) is 0 Å². The Morgan fingerprint density at radius 3 is 2.38 bits per heavy atom. The predicted octanol–water partition coefficient (Wildman–Crippen LogP) is 1.67. The van der Waals surface area contributed by atoms with Crippen LogP contribution in [0.5, 0.6) is 0 Å². The summed E-state index contributed by atoms with van der Waals surface area (Å²) in [5, 5.41) is 50.4. The zero-order valence-corrected chi connectivity index (χ0v) is 22.8. The standard InChI is InChI=1S/C28H46O9/c1-15(31)35-21(14-30)27(4)10-8-17-16(12-27)6-7-19-26(2,3)20(9-11-28(17,19)5)37-25-24(34)23(33)22(32)18(13-29)36-25/h12,17-25,29-30,32-34H,6-11,13-14H2,1-5H3. The first-order valence-corrected chi connectivity index (χ1v) is 13.7. The van der Waals surface area contributed by atoms with E-state index in [1.54, 1.807) is 0 Å². The Bertz CT molecular complexity index is 872. The fourth-order valence-electron chi connectivity index (χ4n) is 8.15. The van der Waals surface area contributed by atoms with Crippen molar-refractivity contribution in [3.63, 3.8) is 0 Å². The molecule has 1 aliphatic heterocycles. The summed E-state index contributed by atoms with van der Waals surface area (Å²) in [5.74, 6) is 0.358. The highest BCUT2D eigenvalue weighted by atomic mass is 16.7. The van der Waals surface area contributed by atoms with E-state index in [0.717, 1.165) is 38.5 Å². The molecule has 0 aromatic heterocycles. The zero-order valence-electron chi connectivity index (χ0n) is 22.8. The maximum atomic E-state index is 11.6. The highest BCUT2D eigenvalue weighted by Gasteiger charge is 2.59. The summed E-state index contributed by atoms with van der Waals surface area (Å²) in [7, 11) is 0. The van der Waals surface area contributed by atoms with Crippen LogP contribution in [0.4, 0.5) is 0 Å². The van der Waals surface area contributed by atoms with Crippen molar-refractivity contribution in [1.29, 1.82) is 0 Å². The molecular formula is C28H46O9. The van der Waals surface area contributed by atoms with Crippen molar-refractivity contribution in [3.8, 4) is 0 Å². The van der Waals surface area contributed by atoms with E-state index in [2.05, 4.69) is 33.8 Å². The highest BCUT2D eigenvalue weighted by molar-refractivity contribution is 5.66. The minimum atomic E-state index is -1.46. The van der Waals surface area contributed by atoms with Gasteiger partial charge in [0.2, 0.25) is 0 Å². The van der Waals surface area contributed by atoms with Crippen molar-refractivity contribution >= 4 is 5.97 Å². The molecule has 5 N–H and O–H groups in total. The summed E-state index contributed by atoms with van der Waals surface area (Å²) in [4.78, 5) is 11.6. The number of carbonyl (C=O) groups is 1. The third-order valence-corrected chi connectivity index (χ3v) is 10.3. The average molecular weight is 527 g/mol. The number of carbonyl (C=O) groups excluding carboxylic acids is 1. The Balaban J connectivity index is 1.52. The molecule has 1 heterocycles. The van der Waals surface area contributed by atoms with Crippen molar-refractivity contribution < 1.29 is 44.5 Å². The molecule has 37 heavy (non-hydrogen) atoms. The van der Waals surface area contributed by atoms with E-state index in [4.69, 9.17) is 14.2 Å². The molecule has 0 bridgehead atoms. The third-order valence-electron chi connectivity index (χ3n) is 10.3. The molecule has 2 saturated carbocycles. The number of rotatable bonds is 6. The third kappa shape index (κ3) is 5.01. The van der Waals surface area contributed by atoms with Crippen LogP contribution < -0.4 is 0 Å². The first kappa shape index (κ1) is 28.9. The van der Waals surface area contributed by atoms with Gasteiger partial charge in [-0.1, -0.05) is 39.3 Å². The maximum Gasteiger partial charge on any atom is 0.303 e. The second-order valence-corrected chi connectivity index (χ2v) is 12.9. The zero-order chi connectivity index (χ0) is 27.3. The summed E-state index contributed by atoms with van der Waals surface area (Å²) in [6.45, 7) is 9.55. The summed E-state index contributed by atoms with van der Waals surface area (Å²) in [5.41, 5.74) is 0.792. The van der Waals surface area contributed by atoms with E-state index >= 15 is 0 Å². The lowest BCUT2D eigenvalue weighted by atomic mass is 9.45. The molecule has 11 atom stereocenters. The summed E-state index contributed by atoms with van der Waals surface area (Å²) in [6.07, 6.45) is 0.457. The van der Waals surface area contributed by atoms with Crippen LogP contribution in [0.2, 0.25) is 0 Å². The number of aliphatic hydroxyl groups is 5. The van der Waals surface area contributed by atoms with Crippen molar-refractivity contribution in [3.05, 3.63) is 11.6 Å². The van der Waals surface area contributed by atoms with Crippen LogP contribution in [0.3, 0.4) is 0 Å². The SMILES string of the molecule is CC(=O)OC(CO)C1(C)C=C2CCC3C(C)(C)C(OC4OC(CO)C(O)C(O)C4O)CCC3(C)C2CC1. The molecule has 9 nitrogen and oxygen atoms in total. The van der Waals surface area contributed by atoms with Crippen LogP contribution in [0.15, 0.2) is 11.6 Å². The topological polar surface area (TPSA) is 146 Å². The van der Waals surface area contributed by atoms with Crippen LogP contribution in [-0.4, -0.2) is 87.6 Å². The Hall–Kier alpha value is -1.07. The van der Waals surface area contributed by atoms with Gasteiger partial charge in [-0.2, -0.15) is 0 Å². The Morgan fingerprint density at radius 1 is 1.05 bits per heavy atom. The monoisotopic (exact) mass is 526 g/mol. The first-order chi connectivity index (χ1) is 17.3. The molecular weight excluding hydrogens is 480 g/mol. The largest absolute Gasteiger partial charge is 0.459 e. The highest BCUT2D eigenvalue weighted by Crippen LogP contribution is 2.64. The van der Waals surface area contributed by atoms with Gasteiger partial charge in [0, 0.05) is 12.3 Å². The van der Waals surface area contributed by atoms with Gasteiger partial charge in [-0.3, -0.25) is 4.79 Å². The summed E-state index contributed by atoms with van der Waals surface area (Å²) in [6, 6.07) is 0. The van der Waals surface area contributed by atoms with Crippen LogP contribution in [0.25, 0.3) is 0 Å². The molecule has 212 valence electrons. The van der Waals surface area contributed by atoms with Crippen LogP contribution in [0.1, 0.15) is 73.1 Å². The number of ether oxygens (including phenoxy) is 3. The van der Waals surface area contributed by atoms with Gasteiger partial charge in [0.15, 0.2) is 6.29 Å². The van der Waals surface area contributed by atoms with Crippen LogP contribution in [0, 0.1) is 28.1 Å². The lowest BCUT2D eigenvalue weighted by molar-refractivity contribution is -0.327. The van der Waals surface area contributed by atoms with E-state index in [-0.39, 0.29) is 29.5 Å². The molecule has 3 fully saturated rings. The smallest absolute Gasteiger partial charge is 0.303 e. The van der Waals surface area contributed by atoms with Gasteiger partial charge in [-0.15, -0.1) is 0 Å². The van der Waals surface area contributed by atoms with E-state index in [9.17, 15) is 30.3 Å². The molecule has 0 aromatic carbocycles. The van der Waals surface area contributed by atoms with Crippen LogP contribution in [-0.2, 0) is 19.0 Å². The van der Waals surface area contributed by atoms with Gasteiger partial charge >= 0.3 is 5.97 Å². The van der Waals surface area contributed by atoms with Crippen molar-refractivity contribution in [2.24, 2.45) is 28.1 Å². The molecule has 1 saturated heterocycles. The lowest BCUT2D eigenvalue weighted by Gasteiger charge is -2.62. The summed E-state index contributed by atoms with van der Waals surface area (Å²) < 4.78 is 17.5. The number of hydrogen-bond donors (Lipinski definition) is 5. The molecule has 3 aliphatic carbocycles. The van der Waals surface area contributed by atoms with Crippen molar-refractivity contribution in [2.45, 2.75) is 116 Å². The fourth-order valence-corrected chi connectivity index (χ4v) is 8.15. The normalized spacial score (nSPS) is 46.3. The number of allylic oxidation sites excluding steroid dienone is 1. The number of hydrogen-bond acceptors (Lipinski definition) is 9. The lowest BCUT2D eigenvalue weighted by Crippen LogP contribution is -2.62. The molecule has 4 rings (SSSR count). The van der Waals surface area contributed by atoms with E-state index in [1.165, 1.54) is 12.5 Å². The molecule has 4 aliphatic rings. The average Bonchev–Trinajstić information content (AvgIpc) is 2.83. The number of fused-ring (bicyclic) bond motifs is 3.